The van der Waals surface area contributed by atoms with Crippen molar-refractivity contribution in [2.45, 2.75) is 32.2 Å². The van der Waals surface area contributed by atoms with Gasteiger partial charge in [-0.1, -0.05) is 6.92 Å². The van der Waals surface area contributed by atoms with E-state index in [4.69, 9.17) is 9.47 Å². The summed E-state index contributed by atoms with van der Waals surface area (Å²) < 4.78 is 10.4. The fourth-order valence-electron chi connectivity index (χ4n) is 3.02. The molecule has 1 heterocycles. The highest BCUT2D eigenvalue weighted by atomic mass is 16.5. The number of ether oxygens (including phenoxy) is 2. The maximum Gasteiger partial charge on any atom is 0.251 e. The quantitative estimate of drug-likeness (QED) is 0.821. The van der Waals surface area contributed by atoms with Crippen LogP contribution < -0.4 is 19.7 Å². The van der Waals surface area contributed by atoms with Crippen LogP contribution in [0.3, 0.4) is 0 Å². The zero-order chi connectivity index (χ0) is 15.9. The van der Waals surface area contributed by atoms with Gasteiger partial charge in [-0.3, -0.25) is 4.79 Å². The molecule has 2 N–H and O–H groups in total. The summed E-state index contributed by atoms with van der Waals surface area (Å²) in [6.45, 7) is 5.74. The van der Waals surface area contributed by atoms with Crippen LogP contribution in [0.2, 0.25) is 0 Å². The molecule has 122 valence electrons. The monoisotopic (exact) mass is 307 g/mol. The Labute approximate surface area is 132 Å². The van der Waals surface area contributed by atoms with Gasteiger partial charge in [0.15, 0.2) is 11.5 Å². The van der Waals surface area contributed by atoms with E-state index in [1.54, 1.807) is 37.3 Å². The highest BCUT2D eigenvalue weighted by Gasteiger charge is 2.23. The minimum absolute atomic E-state index is 0.0371. The summed E-state index contributed by atoms with van der Waals surface area (Å²) in [4.78, 5) is 14.0. The Hall–Kier alpha value is -1.75. The number of likely N-dealkylation sites (tertiary alicyclic amines) is 1. The van der Waals surface area contributed by atoms with Crippen LogP contribution in [0.5, 0.6) is 11.5 Å². The molecular formula is C17H27N2O3+. The Kier molecular flexibility index (Phi) is 6.07. The first kappa shape index (κ1) is 16.6. The molecule has 0 atom stereocenters. The van der Waals surface area contributed by atoms with Gasteiger partial charge in [-0.15, -0.1) is 0 Å². The topological polar surface area (TPSA) is 52.0 Å². The van der Waals surface area contributed by atoms with Gasteiger partial charge in [-0.2, -0.15) is 0 Å². The maximum absolute atomic E-state index is 12.4. The number of hydrogen-bond acceptors (Lipinski definition) is 3. The van der Waals surface area contributed by atoms with Crippen LogP contribution in [0.15, 0.2) is 18.2 Å². The molecule has 1 amide bonds. The van der Waals surface area contributed by atoms with Gasteiger partial charge in [-0.05, 0) is 24.6 Å². The molecule has 0 unspecified atom stereocenters. The summed E-state index contributed by atoms with van der Waals surface area (Å²) in [7, 11) is 3.16. The second-order valence-corrected chi connectivity index (χ2v) is 5.82. The van der Waals surface area contributed by atoms with Gasteiger partial charge in [0.05, 0.1) is 33.9 Å². The molecule has 1 aliphatic heterocycles. The molecule has 0 aromatic heterocycles. The van der Waals surface area contributed by atoms with Crippen molar-refractivity contribution in [3.05, 3.63) is 23.8 Å². The largest absolute Gasteiger partial charge is 0.493 e. The number of benzene rings is 1. The average Bonchev–Trinajstić information content (AvgIpc) is 2.56. The van der Waals surface area contributed by atoms with E-state index >= 15 is 0 Å². The number of quaternary nitrogens is 1. The second-order valence-electron chi connectivity index (χ2n) is 5.82. The Morgan fingerprint density at radius 2 is 1.91 bits per heavy atom. The van der Waals surface area contributed by atoms with Crippen molar-refractivity contribution in [2.24, 2.45) is 0 Å². The Balaban J connectivity index is 1.93. The zero-order valence-electron chi connectivity index (χ0n) is 13.8. The lowest BCUT2D eigenvalue weighted by atomic mass is 10.0. The van der Waals surface area contributed by atoms with Crippen molar-refractivity contribution in [1.82, 2.24) is 5.32 Å². The molecule has 2 rings (SSSR count). The van der Waals surface area contributed by atoms with Crippen molar-refractivity contribution in [1.29, 1.82) is 0 Å². The number of nitrogens with one attached hydrogen (secondary N) is 2. The van der Waals surface area contributed by atoms with E-state index in [1.165, 1.54) is 13.0 Å². The number of piperidine rings is 1. The highest BCUT2D eigenvalue weighted by Crippen LogP contribution is 2.27. The summed E-state index contributed by atoms with van der Waals surface area (Å²) in [5.41, 5.74) is 0.612. The molecule has 1 aromatic rings. The van der Waals surface area contributed by atoms with Gasteiger partial charge in [0.2, 0.25) is 0 Å². The third-order valence-corrected chi connectivity index (χ3v) is 4.28. The van der Waals surface area contributed by atoms with E-state index in [0.29, 0.717) is 17.1 Å². The molecule has 1 aromatic carbocycles. The van der Waals surface area contributed by atoms with Crippen molar-refractivity contribution in [3.63, 3.8) is 0 Å². The molecule has 5 heteroatoms. The first-order chi connectivity index (χ1) is 10.7. The van der Waals surface area contributed by atoms with E-state index in [2.05, 4.69) is 12.2 Å². The molecule has 22 heavy (non-hydrogen) atoms. The molecule has 0 aliphatic carbocycles. The van der Waals surface area contributed by atoms with Crippen molar-refractivity contribution >= 4 is 5.91 Å². The summed E-state index contributed by atoms with van der Waals surface area (Å²) in [6, 6.07) is 5.54. The molecule has 1 aliphatic rings. The molecule has 0 spiro atoms. The van der Waals surface area contributed by atoms with Crippen LogP contribution in [0.25, 0.3) is 0 Å². The van der Waals surface area contributed by atoms with Crippen molar-refractivity contribution in [2.75, 3.05) is 33.9 Å². The van der Waals surface area contributed by atoms with E-state index in [9.17, 15) is 4.79 Å². The lowest BCUT2D eigenvalue weighted by molar-refractivity contribution is -0.905. The van der Waals surface area contributed by atoms with Crippen molar-refractivity contribution < 1.29 is 19.2 Å². The van der Waals surface area contributed by atoms with Gasteiger partial charge < -0.3 is 19.7 Å². The fourth-order valence-corrected chi connectivity index (χ4v) is 3.02. The van der Waals surface area contributed by atoms with Gasteiger partial charge in [0, 0.05) is 24.4 Å². The van der Waals surface area contributed by atoms with Crippen LogP contribution in [-0.2, 0) is 0 Å². The predicted octanol–water partition coefficient (Wildman–Crippen LogP) is 0.891. The molecule has 5 nitrogen and oxygen atoms in total. The van der Waals surface area contributed by atoms with Gasteiger partial charge in [0.1, 0.15) is 0 Å². The summed E-state index contributed by atoms with van der Waals surface area (Å²) >= 11 is 0. The normalized spacial score (nSPS) is 21.2. The summed E-state index contributed by atoms with van der Waals surface area (Å²) in [5.74, 6) is 1.18. The summed E-state index contributed by atoms with van der Waals surface area (Å²) in [6.07, 6.45) is 3.32. The van der Waals surface area contributed by atoms with Gasteiger partial charge in [0.25, 0.3) is 5.91 Å². The first-order valence-electron chi connectivity index (χ1n) is 8.04. The third-order valence-electron chi connectivity index (χ3n) is 4.28. The van der Waals surface area contributed by atoms with Crippen molar-refractivity contribution in [3.8, 4) is 11.5 Å². The Bertz CT molecular complexity index is 497. The number of rotatable bonds is 6. The lowest BCUT2D eigenvalue weighted by Crippen LogP contribution is -3.13. The molecule has 1 saturated heterocycles. The van der Waals surface area contributed by atoms with Crippen LogP contribution >= 0.6 is 0 Å². The van der Waals surface area contributed by atoms with E-state index in [-0.39, 0.29) is 11.9 Å². The Morgan fingerprint density at radius 3 is 2.50 bits per heavy atom. The number of carbonyl (C=O) groups excluding carboxylic acids is 1. The SMILES string of the molecule is CCC[NH+]1CCC(NC(=O)c2ccc(OC)c(OC)c2)CC1. The first-order valence-corrected chi connectivity index (χ1v) is 8.04. The standard InChI is InChI=1S/C17H26N2O3/c1-4-9-19-10-7-14(8-11-19)18-17(20)13-5-6-15(21-2)16(12-13)22-3/h5-6,12,14H,4,7-11H2,1-3H3,(H,18,20)/p+1. The molecule has 1 fully saturated rings. The average molecular weight is 307 g/mol. The summed E-state index contributed by atoms with van der Waals surface area (Å²) in [5, 5.41) is 3.14. The van der Waals surface area contributed by atoms with Crippen LogP contribution in [0.1, 0.15) is 36.5 Å². The minimum Gasteiger partial charge on any atom is -0.493 e. The number of carbonyl (C=O) groups is 1. The van der Waals surface area contributed by atoms with Crippen LogP contribution in [0.4, 0.5) is 0 Å². The minimum atomic E-state index is -0.0371. The van der Waals surface area contributed by atoms with Crippen LogP contribution in [0, 0.1) is 0 Å². The maximum atomic E-state index is 12.4. The van der Waals surface area contributed by atoms with E-state index < -0.39 is 0 Å². The van der Waals surface area contributed by atoms with E-state index in [0.717, 1.165) is 25.9 Å². The molecular weight excluding hydrogens is 280 g/mol. The third kappa shape index (κ3) is 4.13. The Morgan fingerprint density at radius 1 is 1.23 bits per heavy atom. The number of methoxy groups -OCH3 is 2. The lowest BCUT2D eigenvalue weighted by Gasteiger charge is -2.29. The number of amides is 1. The smallest absolute Gasteiger partial charge is 0.251 e. The number of hydrogen-bond donors (Lipinski definition) is 2. The van der Waals surface area contributed by atoms with Crippen LogP contribution in [-0.4, -0.2) is 45.8 Å². The highest BCUT2D eigenvalue weighted by molar-refractivity contribution is 5.95. The van der Waals surface area contributed by atoms with Gasteiger partial charge >= 0.3 is 0 Å². The molecule has 0 radical (unpaired) electrons. The predicted molar refractivity (Wildman–Crippen MR) is 85.9 cm³/mol. The van der Waals surface area contributed by atoms with E-state index in [1.807, 2.05) is 0 Å². The van der Waals surface area contributed by atoms with Gasteiger partial charge in [-0.25, -0.2) is 0 Å². The molecule has 0 bridgehead atoms. The second kappa shape index (κ2) is 8.03. The molecule has 0 saturated carbocycles. The zero-order valence-corrected chi connectivity index (χ0v) is 13.8. The fraction of sp³-hybridized carbons (Fsp3) is 0.588.